The fourth-order valence-electron chi connectivity index (χ4n) is 4.68. The Labute approximate surface area is 209 Å². The Kier molecular flexibility index (Phi) is 7.16. The largest absolute Gasteiger partial charge is 0.449 e. The van der Waals surface area contributed by atoms with Gasteiger partial charge in [-0.2, -0.15) is 5.26 Å². The molecule has 1 aromatic carbocycles. The molecule has 5 rings (SSSR count). The Morgan fingerprint density at radius 2 is 2.03 bits per heavy atom. The van der Waals surface area contributed by atoms with E-state index < -0.39 is 11.9 Å². The summed E-state index contributed by atoms with van der Waals surface area (Å²) in [6.07, 6.45) is 5.02. The van der Waals surface area contributed by atoms with Gasteiger partial charge in [0.25, 0.3) is 0 Å². The lowest BCUT2D eigenvalue weighted by Gasteiger charge is -2.34. The Hall–Kier alpha value is -3.48. The van der Waals surface area contributed by atoms with Crippen LogP contribution in [-0.2, 0) is 19.0 Å². The van der Waals surface area contributed by atoms with E-state index in [0.717, 1.165) is 24.0 Å². The molecule has 0 spiro atoms. The number of allylic oxidation sites excluding steroid dienone is 4. The molecule has 8 nitrogen and oxygen atoms in total. The maximum Gasteiger partial charge on any atom is 0.409 e. The molecule has 1 saturated carbocycles. The second-order valence-electron chi connectivity index (χ2n) is 9.22. The van der Waals surface area contributed by atoms with Crippen LogP contribution in [0.25, 0.3) is 5.57 Å². The van der Waals surface area contributed by atoms with Crippen LogP contribution in [0.4, 0.5) is 9.18 Å². The molecule has 9 heteroatoms. The summed E-state index contributed by atoms with van der Waals surface area (Å²) >= 11 is 0. The highest BCUT2D eigenvalue weighted by Gasteiger charge is 2.38. The summed E-state index contributed by atoms with van der Waals surface area (Å²) in [6.45, 7) is 2.45. The summed E-state index contributed by atoms with van der Waals surface area (Å²) in [7, 11) is 0. The van der Waals surface area contributed by atoms with Crippen molar-refractivity contribution in [2.24, 2.45) is 0 Å². The number of nitriles is 1. The number of amides is 1. The van der Waals surface area contributed by atoms with Gasteiger partial charge in [0.1, 0.15) is 23.7 Å². The summed E-state index contributed by atoms with van der Waals surface area (Å²) in [5.41, 5.74) is 3.22. The lowest BCUT2D eigenvalue weighted by atomic mass is 9.81. The fraction of sp³-hybridized carbons (Fsp3) is 0.444. The number of nitrogens with zero attached hydrogens (tertiary/aromatic N) is 3. The lowest BCUT2D eigenvalue weighted by Crippen LogP contribution is -2.41. The number of halogens is 1. The third kappa shape index (κ3) is 5.20. The van der Waals surface area contributed by atoms with Gasteiger partial charge >= 0.3 is 6.09 Å². The SMILES string of the molecule is N#CC1=C(c2cccc(F)c2)C2=CC(OCCCOC(=O)N3CCOCC3)C(=O)CC2=CN1C1CC1. The van der Waals surface area contributed by atoms with Crippen molar-refractivity contribution in [3.8, 4) is 6.07 Å². The average Bonchev–Trinajstić information content (AvgIpc) is 3.73. The minimum atomic E-state index is -0.789. The van der Waals surface area contributed by atoms with Crippen molar-refractivity contribution in [3.63, 3.8) is 0 Å². The molecular formula is C27H28FN3O5. The van der Waals surface area contributed by atoms with E-state index in [2.05, 4.69) is 6.07 Å². The van der Waals surface area contributed by atoms with Crippen molar-refractivity contribution < 1.29 is 28.2 Å². The number of hydrogen-bond donors (Lipinski definition) is 0. The molecule has 0 N–H and O–H groups in total. The van der Waals surface area contributed by atoms with Gasteiger partial charge in [0, 0.05) is 43.7 Å². The predicted molar refractivity (Wildman–Crippen MR) is 128 cm³/mol. The molecule has 0 bridgehead atoms. The van der Waals surface area contributed by atoms with Crippen LogP contribution < -0.4 is 0 Å². The maximum atomic E-state index is 14.1. The van der Waals surface area contributed by atoms with E-state index >= 15 is 0 Å². The molecule has 36 heavy (non-hydrogen) atoms. The molecule has 2 fully saturated rings. The molecule has 0 radical (unpaired) electrons. The maximum absolute atomic E-state index is 14.1. The van der Waals surface area contributed by atoms with Gasteiger partial charge in [-0.25, -0.2) is 9.18 Å². The van der Waals surface area contributed by atoms with Gasteiger partial charge in [0.05, 0.1) is 26.4 Å². The highest BCUT2D eigenvalue weighted by Crippen LogP contribution is 2.44. The van der Waals surface area contributed by atoms with Gasteiger partial charge in [0.2, 0.25) is 0 Å². The monoisotopic (exact) mass is 493 g/mol. The van der Waals surface area contributed by atoms with E-state index in [1.807, 2.05) is 11.1 Å². The van der Waals surface area contributed by atoms with Gasteiger partial charge in [-0.15, -0.1) is 0 Å². The lowest BCUT2D eigenvalue weighted by molar-refractivity contribution is -0.127. The molecule has 1 unspecified atom stereocenters. The van der Waals surface area contributed by atoms with Crippen molar-refractivity contribution in [2.45, 2.75) is 37.8 Å². The first kappa shape index (κ1) is 24.2. The Bertz CT molecular complexity index is 1170. The Morgan fingerprint density at radius 1 is 1.22 bits per heavy atom. The summed E-state index contributed by atoms with van der Waals surface area (Å²) in [4.78, 5) is 28.5. The third-order valence-electron chi connectivity index (χ3n) is 6.65. The van der Waals surface area contributed by atoms with Gasteiger partial charge in [-0.05, 0) is 47.8 Å². The Balaban J connectivity index is 1.29. The van der Waals surface area contributed by atoms with Crippen molar-refractivity contribution in [1.29, 1.82) is 5.26 Å². The number of ether oxygens (including phenoxy) is 3. The van der Waals surface area contributed by atoms with Gasteiger partial charge in [-0.1, -0.05) is 12.1 Å². The van der Waals surface area contributed by atoms with E-state index in [9.17, 15) is 19.2 Å². The van der Waals surface area contributed by atoms with Crippen molar-refractivity contribution in [2.75, 3.05) is 39.5 Å². The zero-order valence-electron chi connectivity index (χ0n) is 20.0. The summed E-state index contributed by atoms with van der Waals surface area (Å²) in [5, 5.41) is 10.0. The van der Waals surface area contributed by atoms with Crippen LogP contribution in [-0.4, -0.2) is 73.3 Å². The van der Waals surface area contributed by atoms with E-state index in [1.165, 1.54) is 12.1 Å². The van der Waals surface area contributed by atoms with Gasteiger partial charge < -0.3 is 24.0 Å². The van der Waals surface area contributed by atoms with E-state index in [0.29, 0.717) is 49.6 Å². The first-order valence-corrected chi connectivity index (χ1v) is 12.3. The second kappa shape index (κ2) is 10.6. The molecule has 1 aromatic rings. The number of hydrogen-bond acceptors (Lipinski definition) is 7. The molecule has 2 heterocycles. The number of rotatable bonds is 7. The van der Waals surface area contributed by atoms with Crippen LogP contribution in [0, 0.1) is 17.1 Å². The first-order valence-electron chi connectivity index (χ1n) is 12.3. The molecule has 1 amide bonds. The van der Waals surface area contributed by atoms with E-state index in [-0.39, 0.29) is 37.6 Å². The number of carbonyl (C=O) groups excluding carboxylic acids is 2. The fourth-order valence-corrected chi connectivity index (χ4v) is 4.68. The number of benzene rings is 1. The van der Waals surface area contributed by atoms with Crippen molar-refractivity contribution in [3.05, 3.63) is 64.8 Å². The molecule has 0 aromatic heterocycles. The van der Waals surface area contributed by atoms with Crippen LogP contribution in [0.1, 0.15) is 31.2 Å². The number of Topliss-reactive ketones (excluding diaryl/α,β-unsaturated/α-hetero) is 1. The first-order chi connectivity index (χ1) is 17.5. The standard InChI is InChI=1S/C27H28FN3O5/c28-20-4-1-3-18(13-20)26-22-15-25(35-9-2-10-36-27(33)30-7-11-34-12-8-30)24(32)14-19(22)17-31(21-5-6-21)23(26)16-29/h1,3-4,13,15,17,21,25H,2,5-12,14H2. The quantitative estimate of drug-likeness (QED) is 0.536. The number of carbonyl (C=O) groups is 2. The highest BCUT2D eigenvalue weighted by molar-refractivity contribution is 5.98. The second-order valence-corrected chi connectivity index (χ2v) is 9.22. The minimum absolute atomic E-state index is 0.0786. The van der Waals surface area contributed by atoms with Crippen molar-refractivity contribution in [1.82, 2.24) is 9.80 Å². The molecule has 2 aliphatic heterocycles. The third-order valence-corrected chi connectivity index (χ3v) is 6.65. The number of ketones is 1. The van der Waals surface area contributed by atoms with Crippen LogP contribution >= 0.6 is 0 Å². The summed E-state index contributed by atoms with van der Waals surface area (Å²) in [6, 6.07) is 8.71. The normalized spacial score (nSPS) is 22.0. The molecular weight excluding hydrogens is 465 g/mol. The zero-order valence-corrected chi connectivity index (χ0v) is 20.0. The summed E-state index contributed by atoms with van der Waals surface area (Å²) in [5.74, 6) is -0.469. The van der Waals surface area contributed by atoms with Gasteiger partial charge in [-0.3, -0.25) is 4.79 Å². The smallest absolute Gasteiger partial charge is 0.409 e. The number of fused-ring (bicyclic) bond motifs is 1. The van der Waals surface area contributed by atoms with Crippen molar-refractivity contribution >= 4 is 17.4 Å². The predicted octanol–water partition coefficient (Wildman–Crippen LogP) is 3.57. The highest BCUT2D eigenvalue weighted by atomic mass is 19.1. The number of morpholine rings is 1. The van der Waals surface area contributed by atoms with Crippen LogP contribution in [0.5, 0.6) is 0 Å². The van der Waals surface area contributed by atoms with E-state index in [1.54, 1.807) is 23.1 Å². The van der Waals surface area contributed by atoms with Crippen LogP contribution in [0.2, 0.25) is 0 Å². The molecule has 188 valence electrons. The average molecular weight is 494 g/mol. The molecule has 1 atom stereocenters. The molecule has 2 aliphatic carbocycles. The van der Waals surface area contributed by atoms with Crippen LogP contribution in [0.3, 0.4) is 0 Å². The minimum Gasteiger partial charge on any atom is -0.449 e. The topological polar surface area (TPSA) is 92.1 Å². The van der Waals surface area contributed by atoms with E-state index in [4.69, 9.17) is 14.2 Å². The summed E-state index contributed by atoms with van der Waals surface area (Å²) < 4.78 is 30.5. The molecule has 4 aliphatic rings. The molecule has 1 saturated heterocycles. The Morgan fingerprint density at radius 3 is 2.75 bits per heavy atom. The van der Waals surface area contributed by atoms with Crippen LogP contribution in [0.15, 0.2) is 53.4 Å². The van der Waals surface area contributed by atoms with Gasteiger partial charge in [0.15, 0.2) is 5.78 Å². The zero-order chi connectivity index (χ0) is 25.1.